The second kappa shape index (κ2) is 7.88. The second-order valence-electron chi connectivity index (χ2n) is 6.53. The van der Waals surface area contributed by atoms with E-state index in [1.807, 2.05) is 24.3 Å². The number of hydrogen-bond donors (Lipinski definition) is 2. The van der Waals surface area contributed by atoms with Crippen molar-refractivity contribution in [2.75, 3.05) is 10.6 Å². The zero-order chi connectivity index (χ0) is 21.2. The molecule has 0 unspecified atom stereocenters. The molecule has 0 bridgehead atoms. The molecule has 0 aliphatic carbocycles. The molecule has 0 radical (unpaired) electrons. The van der Waals surface area contributed by atoms with Crippen molar-refractivity contribution in [3.8, 4) is 11.6 Å². The molecular formula is C21H14ClN7O2. The van der Waals surface area contributed by atoms with Gasteiger partial charge >= 0.3 is 6.03 Å². The van der Waals surface area contributed by atoms with Gasteiger partial charge in [0.1, 0.15) is 5.75 Å². The van der Waals surface area contributed by atoms with Crippen LogP contribution in [0, 0.1) is 0 Å². The number of carbonyl (C=O) groups is 1. The highest BCUT2D eigenvalue weighted by Crippen LogP contribution is 2.26. The Morgan fingerprint density at radius 3 is 2.32 bits per heavy atom. The van der Waals surface area contributed by atoms with E-state index in [-0.39, 0.29) is 11.9 Å². The van der Waals surface area contributed by atoms with Crippen LogP contribution in [0.2, 0.25) is 5.02 Å². The number of rotatable bonds is 4. The van der Waals surface area contributed by atoms with Crippen LogP contribution in [0.5, 0.6) is 11.6 Å². The highest BCUT2D eigenvalue weighted by atomic mass is 35.5. The van der Waals surface area contributed by atoms with Gasteiger partial charge in [0.25, 0.3) is 5.88 Å². The monoisotopic (exact) mass is 431 g/mol. The predicted octanol–water partition coefficient (Wildman–Crippen LogP) is 4.76. The number of urea groups is 1. The normalized spacial score (nSPS) is 10.9. The fourth-order valence-electron chi connectivity index (χ4n) is 2.99. The third-order valence-corrected chi connectivity index (χ3v) is 4.67. The summed E-state index contributed by atoms with van der Waals surface area (Å²) >= 11 is 5.85. The second-order valence-corrected chi connectivity index (χ2v) is 6.97. The number of tetrazole rings is 1. The molecule has 10 heteroatoms. The number of nitrogens with one attached hydrogen (secondary N) is 2. The molecule has 0 spiro atoms. The highest BCUT2D eigenvalue weighted by molar-refractivity contribution is 6.30. The molecule has 152 valence electrons. The van der Waals surface area contributed by atoms with E-state index in [9.17, 15) is 4.79 Å². The summed E-state index contributed by atoms with van der Waals surface area (Å²) in [6.45, 7) is 0. The van der Waals surface area contributed by atoms with Gasteiger partial charge in [-0.2, -0.15) is 4.52 Å². The fourth-order valence-corrected chi connectivity index (χ4v) is 3.12. The van der Waals surface area contributed by atoms with Crippen molar-refractivity contribution in [1.82, 2.24) is 25.0 Å². The van der Waals surface area contributed by atoms with Gasteiger partial charge < -0.3 is 15.4 Å². The predicted molar refractivity (Wildman–Crippen MR) is 117 cm³/mol. The van der Waals surface area contributed by atoms with Crippen LogP contribution < -0.4 is 15.4 Å². The van der Waals surface area contributed by atoms with Crippen LogP contribution >= 0.6 is 11.6 Å². The van der Waals surface area contributed by atoms with Crippen LogP contribution in [0.15, 0.2) is 72.8 Å². The molecule has 0 aliphatic rings. The Morgan fingerprint density at radius 2 is 1.58 bits per heavy atom. The average Bonchev–Trinajstić information content (AvgIpc) is 3.27. The molecule has 0 saturated heterocycles. The maximum absolute atomic E-state index is 12.2. The number of aromatic nitrogens is 5. The number of benzene rings is 3. The SMILES string of the molecule is O=C(Nc1ccc(Cl)cc1)Nc1ccc(Oc2nc3ccccc3n3nnnc23)cc1. The number of ether oxygens (including phenoxy) is 1. The zero-order valence-corrected chi connectivity index (χ0v) is 16.6. The third kappa shape index (κ3) is 3.94. The van der Waals surface area contributed by atoms with Crippen LogP contribution in [0.25, 0.3) is 16.7 Å². The van der Waals surface area contributed by atoms with E-state index >= 15 is 0 Å². The average molecular weight is 432 g/mol. The fraction of sp³-hybridized carbons (Fsp3) is 0. The molecule has 5 rings (SSSR count). The minimum absolute atomic E-state index is 0.282. The Balaban J connectivity index is 1.32. The summed E-state index contributed by atoms with van der Waals surface area (Å²) in [6.07, 6.45) is 0. The van der Waals surface area contributed by atoms with Gasteiger partial charge in [0.2, 0.25) is 5.65 Å². The first kappa shape index (κ1) is 18.8. The van der Waals surface area contributed by atoms with E-state index in [1.165, 1.54) is 0 Å². The quantitative estimate of drug-likeness (QED) is 0.425. The lowest BCUT2D eigenvalue weighted by atomic mass is 10.3. The maximum Gasteiger partial charge on any atom is 0.323 e. The van der Waals surface area contributed by atoms with Gasteiger partial charge in [-0.1, -0.05) is 23.7 Å². The number of para-hydroxylation sites is 2. The molecule has 0 aliphatic heterocycles. The number of anilines is 2. The minimum atomic E-state index is -0.372. The summed E-state index contributed by atoms with van der Waals surface area (Å²) in [5, 5.41) is 17.8. The molecule has 0 atom stereocenters. The summed E-state index contributed by atoms with van der Waals surface area (Å²) in [7, 11) is 0. The Hall–Kier alpha value is -4.24. The van der Waals surface area contributed by atoms with Gasteiger partial charge in [-0.3, -0.25) is 0 Å². The highest BCUT2D eigenvalue weighted by Gasteiger charge is 2.13. The minimum Gasteiger partial charge on any atom is -0.436 e. The van der Waals surface area contributed by atoms with Gasteiger partial charge in [0.15, 0.2) is 0 Å². The van der Waals surface area contributed by atoms with Crippen molar-refractivity contribution in [1.29, 1.82) is 0 Å². The molecule has 5 aromatic rings. The summed E-state index contributed by atoms with van der Waals surface area (Å²) < 4.78 is 7.49. The lowest BCUT2D eigenvalue weighted by Crippen LogP contribution is -2.19. The van der Waals surface area contributed by atoms with Crippen molar-refractivity contribution in [2.24, 2.45) is 0 Å². The van der Waals surface area contributed by atoms with Gasteiger partial charge in [-0.15, -0.1) is 5.10 Å². The maximum atomic E-state index is 12.2. The first-order chi connectivity index (χ1) is 15.2. The Kier molecular flexibility index (Phi) is 4.77. The zero-order valence-electron chi connectivity index (χ0n) is 15.9. The van der Waals surface area contributed by atoms with Crippen LogP contribution in [0.3, 0.4) is 0 Å². The van der Waals surface area contributed by atoms with Crippen molar-refractivity contribution in [3.63, 3.8) is 0 Å². The van der Waals surface area contributed by atoms with Gasteiger partial charge in [-0.25, -0.2) is 9.78 Å². The topological polar surface area (TPSA) is 106 Å². The van der Waals surface area contributed by atoms with Gasteiger partial charge in [0, 0.05) is 16.4 Å². The summed E-state index contributed by atoms with van der Waals surface area (Å²) in [6, 6.07) is 20.8. The smallest absolute Gasteiger partial charge is 0.323 e. The van der Waals surface area contributed by atoms with Crippen LogP contribution in [-0.2, 0) is 0 Å². The van der Waals surface area contributed by atoms with E-state index in [1.54, 1.807) is 53.0 Å². The molecule has 3 aromatic carbocycles. The van der Waals surface area contributed by atoms with Gasteiger partial charge in [-0.05, 0) is 71.1 Å². The van der Waals surface area contributed by atoms with Crippen LogP contribution in [-0.4, -0.2) is 31.1 Å². The lowest BCUT2D eigenvalue weighted by Gasteiger charge is -2.10. The van der Waals surface area contributed by atoms with Gasteiger partial charge in [0.05, 0.1) is 11.0 Å². The van der Waals surface area contributed by atoms with Crippen molar-refractivity contribution < 1.29 is 9.53 Å². The van der Waals surface area contributed by atoms with Crippen LogP contribution in [0.4, 0.5) is 16.2 Å². The molecule has 9 nitrogen and oxygen atoms in total. The molecule has 2 aromatic heterocycles. The van der Waals surface area contributed by atoms with Crippen LogP contribution in [0.1, 0.15) is 0 Å². The summed E-state index contributed by atoms with van der Waals surface area (Å²) in [5.41, 5.74) is 3.12. The summed E-state index contributed by atoms with van der Waals surface area (Å²) in [4.78, 5) is 16.7. The Morgan fingerprint density at radius 1 is 0.903 bits per heavy atom. The standard InChI is InChI=1S/C21H14ClN7O2/c22-13-5-7-14(8-6-13)23-21(30)24-15-9-11-16(12-10-15)31-20-19-26-27-28-29(19)18-4-2-1-3-17(18)25-20/h1-12H,(H2,23,24,30). The third-order valence-electron chi connectivity index (χ3n) is 4.42. The molecule has 2 amide bonds. The van der Waals surface area contributed by atoms with E-state index in [4.69, 9.17) is 16.3 Å². The van der Waals surface area contributed by atoms with Crippen molar-refractivity contribution >= 4 is 45.7 Å². The number of amides is 2. The number of hydrogen-bond acceptors (Lipinski definition) is 6. The van der Waals surface area contributed by atoms with E-state index in [0.717, 1.165) is 5.52 Å². The van der Waals surface area contributed by atoms with Crippen molar-refractivity contribution in [2.45, 2.75) is 0 Å². The molecule has 2 N–H and O–H groups in total. The molecular weight excluding hydrogens is 418 g/mol. The summed E-state index contributed by atoms with van der Waals surface area (Å²) in [5.74, 6) is 0.807. The number of fused-ring (bicyclic) bond motifs is 3. The number of carbonyl (C=O) groups excluding carboxylic acids is 1. The molecule has 0 saturated carbocycles. The lowest BCUT2D eigenvalue weighted by molar-refractivity contribution is 0.262. The first-order valence-corrected chi connectivity index (χ1v) is 9.62. The van der Waals surface area contributed by atoms with E-state index in [2.05, 4.69) is 31.1 Å². The number of nitrogens with zero attached hydrogens (tertiary/aromatic N) is 5. The van der Waals surface area contributed by atoms with E-state index < -0.39 is 0 Å². The molecule has 2 heterocycles. The van der Waals surface area contributed by atoms with Crippen molar-refractivity contribution in [3.05, 3.63) is 77.8 Å². The Labute approximate surface area is 180 Å². The molecule has 31 heavy (non-hydrogen) atoms. The van der Waals surface area contributed by atoms with E-state index in [0.29, 0.717) is 33.3 Å². The largest absolute Gasteiger partial charge is 0.436 e. The number of halogens is 1. The molecule has 0 fully saturated rings. The first-order valence-electron chi connectivity index (χ1n) is 9.24. The Bertz CT molecular complexity index is 1390.